The van der Waals surface area contributed by atoms with E-state index in [9.17, 15) is 9.59 Å². The van der Waals surface area contributed by atoms with E-state index in [0.717, 1.165) is 12.8 Å². The van der Waals surface area contributed by atoms with Crippen LogP contribution in [0.1, 0.15) is 50.5 Å². The molecule has 0 bridgehead atoms. The third kappa shape index (κ3) is 4.24. The number of carbonyl (C=O) groups is 2. The van der Waals surface area contributed by atoms with Gasteiger partial charge in [0.25, 0.3) is 5.91 Å². The van der Waals surface area contributed by atoms with E-state index in [1.165, 1.54) is 7.11 Å². The van der Waals surface area contributed by atoms with Crippen molar-refractivity contribution in [3.05, 3.63) is 23.0 Å². The molecule has 0 spiro atoms. The van der Waals surface area contributed by atoms with Crippen molar-refractivity contribution in [1.29, 1.82) is 0 Å². The number of carbonyl (C=O) groups excluding carboxylic acids is 2. The monoisotopic (exact) mass is 314 g/mol. The summed E-state index contributed by atoms with van der Waals surface area (Å²) in [6.07, 6.45) is 3.86. The van der Waals surface area contributed by atoms with Gasteiger partial charge in [-0.15, -0.1) is 0 Å². The van der Waals surface area contributed by atoms with Crippen molar-refractivity contribution >= 4 is 23.5 Å². The lowest BCUT2D eigenvalue weighted by Crippen LogP contribution is -2.53. The highest BCUT2D eigenvalue weighted by molar-refractivity contribution is 6.31. The number of ether oxygens (including phenoxy) is 1. The normalized spacial score (nSPS) is 13.6. The Labute approximate surface area is 130 Å². The Kier molecular flexibility index (Phi) is 6.27. The second kappa shape index (κ2) is 7.50. The summed E-state index contributed by atoms with van der Waals surface area (Å²) in [7, 11) is 1.32. The molecule has 0 aliphatic rings. The van der Waals surface area contributed by atoms with Crippen LogP contribution in [0.15, 0.2) is 12.3 Å². The van der Waals surface area contributed by atoms with E-state index in [-0.39, 0.29) is 5.91 Å². The third-order valence-corrected chi connectivity index (χ3v) is 3.54. The highest BCUT2D eigenvalue weighted by atomic mass is 35.5. The Balaban J connectivity index is 2.99. The maximum atomic E-state index is 12.5. The van der Waals surface area contributed by atoms with Gasteiger partial charge in [0, 0.05) is 12.7 Å². The molecule has 0 saturated carbocycles. The molecule has 0 aliphatic carbocycles. The molecule has 0 aliphatic heterocycles. The SMILES string of the molecule is CCCn1cc(Cl)cc1C(=O)NC(C)(CCC)C(=O)OC. The molecule has 0 saturated heterocycles. The van der Waals surface area contributed by atoms with Crippen LogP contribution in [0.4, 0.5) is 0 Å². The smallest absolute Gasteiger partial charge is 0.331 e. The second-order valence-electron chi connectivity index (χ2n) is 5.26. The minimum Gasteiger partial charge on any atom is -0.467 e. The van der Waals surface area contributed by atoms with E-state index < -0.39 is 11.5 Å². The van der Waals surface area contributed by atoms with E-state index >= 15 is 0 Å². The molecule has 5 nitrogen and oxygen atoms in total. The second-order valence-corrected chi connectivity index (χ2v) is 5.70. The van der Waals surface area contributed by atoms with Crippen LogP contribution in [0.25, 0.3) is 0 Å². The van der Waals surface area contributed by atoms with E-state index in [1.54, 1.807) is 23.8 Å². The Morgan fingerprint density at radius 3 is 2.57 bits per heavy atom. The number of rotatable bonds is 7. The van der Waals surface area contributed by atoms with Crippen molar-refractivity contribution in [2.45, 2.75) is 52.1 Å². The average molecular weight is 315 g/mol. The van der Waals surface area contributed by atoms with Crippen LogP contribution < -0.4 is 5.32 Å². The minimum absolute atomic E-state index is 0.322. The van der Waals surface area contributed by atoms with E-state index in [1.807, 2.05) is 13.8 Å². The summed E-state index contributed by atoms with van der Waals surface area (Å²) < 4.78 is 6.59. The third-order valence-electron chi connectivity index (χ3n) is 3.34. The molecule has 1 heterocycles. The summed E-state index contributed by atoms with van der Waals surface area (Å²) in [6.45, 7) is 6.34. The number of aromatic nitrogens is 1. The topological polar surface area (TPSA) is 60.3 Å². The van der Waals surface area contributed by atoms with Gasteiger partial charge in [0.15, 0.2) is 0 Å². The van der Waals surface area contributed by atoms with Crippen LogP contribution in [-0.2, 0) is 16.1 Å². The summed E-state index contributed by atoms with van der Waals surface area (Å²) in [5.41, 5.74) is -0.581. The van der Waals surface area contributed by atoms with Crippen molar-refractivity contribution in [3.8, 4) is 0 Å². The Morgan fingerprint density at radius 1 is 1.38 bits per heavy atom. The first kappa shape index (κ1) is 17.6. The molecule has 1 aromatic rings. The number of halogens is 1. The molecular weight excluding hydrogens is 292 g/mol. The zero-order valence-corrected chi connectivity index (χ0v) is 13.8. The van der Waals surface area contributed by atoms with Gasteiger partial charge in [-0.05, 0) is 25.8 Å². The first-order valence-corrected chi connectivity index (χ1v) is 7.52. The fourth-order valence-electron chi connectivity index (χ4n) is 2.35. The molecule has 1 aromatic heterocycles. The molecule has 1 unspecified atom stereocenters. The minimum atomic E-state index is -1.03. The van der Waals surface area contributed by atoms with Gasteiger partial charge in [-0.1, -0.05) is 31.9 Å². The van der Waals surface area contributed by atoms with Gasteiger partial charge in [-0.25, -0.2) is 4.79 Å². The Morgan fingerprint density at radius 2 is 2.05 bits per heavy atom. The standard InChI is InChI=1S/C15H23ClN2O3/c1-5-7-15(3,14(20)21-4)17-13(19)12-9-11(16)10-18(12)8-6-2/h9-10H,5-8H2,1-4H3,(H,17,19). The van der Waals surface area contributed by atoms with Crippen LogP contribution in [0.3, 0.4) is 0 Å². The summed E-state index contributed by atoms with van der Waals surface area (Å²) in [4.78, 5) is 24.4. The molecule has 1 N–H and O–H groups in total. The summed E-state index contributed by atoms with van der Waals surface area (Å²) in [5.74, 6) is -0.769. The van der Waals surface area contributed by atoms with Crippen LogP contribution in [0.5, 0.6) is 0 Å². The number of methoxy groups -OCH3 is 1. The molecule has 1 atom stereocenters. The zero-order chi connectivity index (χ0) is 16.0. The lowest BCUT2D eigenvalue weighted by molar-refractivity contribution is -0.147. The number of nitrogens with zero attached hydrogens (tertiary/aromatic N) is 1. The largest absolute Gasteiger partial charge is 0.467 e. The van der Waals surface area contributed by atoms with Gasteiger partial charge in [-0.2, -0.15) is 0 Å². The van der Waals surface area contributed by atoms with Crippen molar-refractivity contribution in [2.75, 3.05) is 7.11 Å². The Bertz CT molecular complexity index is 513. The molecule has 0 radical (unpaired) electrons. The van der Waals surface area contributed by atoms with Crippen LogP contribution >= 0.6 is 11.6 Å². The molecule has 0 aromatic carbocycles. The molecule has 1 amide bonds. The van der Waals surface area contributed by atoms with Crippen molar-refractivity contribution in [3.63, 3.8) is 0 Å². The zero-order valence-electron chi connectivity index (χ0n) is 13.0. The van der Waals surface area contributed by atoms with Crippen molar-refractivity contribution in [2.24, 2.45) is 0 Å². The first-order valence-electron chi connectivity index (χ1n) is 7.14. The highest BCUT2D eigenvalue weighted by Gasteiger charge is 2.35. The predicted octanol–water partition coefficient (Wildman–Crippen LogP) is 3.01. The molecule has 6 heteroatoms. The fourth-order valence-corrected chi connectivity index (χ4v) is 2.57. The van der Waals surface area contributed by atoms with E-state index in [4.69, 9.17) is 16.3 Å². The molecule has 118 valence electrons. The number of aryl methyl sites for hydroxylation is 1. The summed E-state index contributed by atoms with van der Waals surface area (Å²) in [5, 5.41) is 3.28. The Hall–Kier alpha value is -1.49. The van der Waals surface area contributed by atoms with Gasteiger partial charge < -0.3 is 14.6 Å². The van der Waals surface area contributed by atoms with Gasteiger partial charge in [0.1, 0.15) is 11.2 Å². The number of amides is 1. The van der Waals surface area contributed by atoms with Gasteiger partial charge in [-0.3, -0.25) is 4.79 Å². The number of esters is 1. The molecule has 1 rings (SSSR count). The van der Waals surface area contributed by atoms with E-state index in [0.29, 0.717) is 23.7 Å². The lowest BCUT2D eigenvalue weighted by atomic mass is 9.96. The van der Waals surface area contributed by atoms with E-state index in [2.05, 4.69) is 5.32 Å². The molecule has 21 heavy (non-hydrogen) atoms. The van der Waals surface area contributed by atoms with Crippen molar-refractivity contribution in [1.82, 2.24) is 9.88 Å². The van der Waals surface area contributed by atoms with Gasteiger partial charge >= 0.3 is 5.97 Å². The first-order chi connectivity index (χ1) is 9.87. The van der Waals surface area contributed by atoms with Crippen LogP contribution in [-0.4, -0.2) is 29.1 Å². The van der Waals surface area contributed by atoms with Crippen molar-refractivity contribution < 1.29 is 14.3 Å². The molecular formula is C15H23ClN2O3. The lowest BCUT2D eigenvalue weighted by Gasteiger charge is -2.27. The number of hydrogen-bond donors (Lipinski definition) is 1. The quantitative estimate of drug-likeness (QED) is 0.787. The highest BCUT2D eigenvalue weighted by Crippen LogP contribution is 2.19. The molecule has 0 fully saturated rings. The summed E-state index contributed by atoms with van der Waals surface area (Å²) >= 11 is 5.98. The maximum absolute atomic E-state index is 12.5. The van der Waals surface area contributed by atoms with Crippen LogP contribution in [0.2, 0.25) is 5.02 Å². The maximum Gasteiger partial charge on any atom is 0.331 e. The number of hydrogen-bond acceptors (Lipinski definition) is 3. The van der Waals surface area contributed by atoms with Crippen LogP contribution in [0, 0.1) is 0 Å². The average Bonchev–Trinajstić information content (AvgIpc) is 2.79. The summed E-state index contributed by atoms with van der Waals surface area (Å²) in [6, 6.07) is 1.61. The van der Waals surface area contributed by atoms with Gasteiger partial charge in [0.2, 0.25) is 0 Å². The van der Waals surface area contributed by atoms with Gasteiger partial charge in [0.05, 0.1) is 12.1 Å². The number of nitrogens with one attached hydrogen (secondary N) is 1. The predicted molar refractivity (Wildman–Crippen MR) is 82.5 cm³/mol. The fraction of sp³-hybridized carbons (Fsp3) is 0.600.